The van der Waals surface area contributed by atoms with E-state index in [0.29, 0.717) is 6.54 Å². The molecule has 0 fully saturated rings. The largest absolute Gasteiger partial charge is 0.481 e. The van der Waals surface area contributed by atoms with Crippen LogP contribution >= 0.6 is 15.9 Å². The number of halogens is 1. The second-order valence-electron chi connectivity index (χ2n) is 4.10. The van der Waals surface area contributed by atoms with Crippen molar-refractivity contribution in [3.05, 3.63) is 40.6 Å². The van der Waals surface area contributed by atoms with Crippen LogP contribution in [0.5, 0.6) is 0 Å². The highest BCUT2D eigenvalue weighted by atomic mass is 79.9. The van der Waals surface area contributed by atoms with Crippen molar-refractivity contribution in [3.8, 4) is 11.1 Å². The molecule has 0 aliphatic carbocycles. The molecule has 1 aromatic carbocycles. The molecule has 4 nitrogen and oxygen atoms in total. The van der Waals surface area contributed by atoms with Crippen molar-refractivity contribution in [1.29, 1.82) is 0 Å². The molecule has 1 aromatic heterocycles. The van der Waals surface area contributed by atoms with Crippen LogP contribution in [0.3, 0.4) is 0 Å². The van der Waals surface area contributed by atoms with Gasteiger partial charge in [0.05, 0.1) is 19.2 Å². The van der Waals surface area contributed by atoms with Gasteiger partial charge in [-0.2, -0.15) is 5.10 Å². The second-order valence-corrected chi connectivity index (χ2v) is 4.95. The van der Waals surface area contributed by atoms with Gasteiger partial charge in [0.1, 0.15) is 0 Å². The molecule has 0 bridgehead atoms. The number of benzene rings is 1. The Kier molecular flexibility index (Phi) is 3.81. The molecule has 2 aromatic rings. The highest BCUT2D eigenvalue weighted by Gasteiger charge is 2.05. The van der Waals surface area contributed by atoms with E-state index in [0.717, 1.165) is 21.2 Å². The normalized spacial score (nSPS) is 10.6. The van der Waals surface area contributed by atoms with Gasteiger partial charge in [-0.15, -0.1) is 0 Å². The molecular formula is C13H13BrN2O2. The van der Waals surface area contributed by atoms with Crippen LogP contribution < -0.4 is 0 Å². The summed E-state index contributed by atoms with van der Waals surface area (Å²) in [5.74, 6) is -0.813. The molecule has 1 N–H and O–H groups in total. The first kappa shape index (κ1) is 12.8. The highest BCUT2D eigenvalue weighted by Crippen LogP contribution is 2.24. The van der Waals surface area contributed by atoms with E-state index >= 15 is 0 Å². The molecule has 18 heavy (non-hydrogen) atoms. The van der Waals surface area contributed by atoms with E-state index in [2.05, 4.69) is 27.1 Å². The maximum absolute atomic E-state index is 10.5. The summed E-state index contributed by atoms with van der Waals surface area (Å²) in [6, 6.07) is 6.08. The molecule has 94 valence electrons. The number of aryl methyl sites for hydroxylation is 2. The van der Waals surface area contributed by atoms with Crippen LogP contribution in [0.25, 0.3) is 11.1 Å². The Labute approximate surface area is 113 Å². The molecule has 0 aliphatic rings. The Morgan fingerprint density at radius 3 is 2.89 bits per heavy atom. The van der Waals surface area contributed by atoms with Crippen LogP contribution in [0.15, 0.2) is 35.1 Å². The molecule has 5 heteroatoms. The van der Waals surface area contributed by atoms with Crippen LogP contribution in [-0.4, -0.2) is 20.9 Å². The van der Waals surface area contributed by atoms with Crippen LogP contribution in [0.1, 0.15) is 12.0 Å². The maximum atomic E-state index is 10.5. The predicted octanol–water partition coefficient (Wildman–Crippen LogP) is 3.10. The molecule has 2 rings (SSSR count). The van der Waals surface area contributed by atoms with Crippen LogP contribution in [0.4, 0.5) is 0 Å². The van der Waals surface area contributed by atoms with Gasteiger partial charge in [-0.05, 0) is 24.1 Å². The van der Waals surface area contributed by atoms with Gasteiger partial charge in [-0.25, -0.2) is 0 Å². The topological polar surface area (TPSA) is 55.1 Å². The first-order valence-corrected chi connectivity index (χ1v) is 6.36. The molecule has 0 radical (unpaired) electrons. The van der Waals surface area contributed by atoms with Gasteiger partial charge < -0.3 is 5.11 Å². The monoisotopic (exact) mass is 308 g/mol. The van der Waals surface area contributed by atoms with E-state index < -0.39 is 5.97 Å². The number of aliphatic carboxylic acids is 1. The first-order chi connectivity index (χ1) is 8.56. The van der Waals surface area contributed by atoms with Crippen molar-refractivity contribution in [2.24, 2.45) is 0 Å². The zero-order valence-corrected chi connectivity index (χ0v) is 11.5. The molecule has 1 heterocycles. The lowest BCUT2D eigenvalue weighted by Gasteiger charge is -2.01. The number of nitrogens with zero attached hydrogens (tertiary/aromatic N) is 2. The number of hydrogen-bond acceptors (Lipinski definition) is 2. The van der Waals surface area contributed by atoms with Crippen molar-refractivity contribution in [3.63, 3.8) is 0 Å². The summed E-state index contributed by atoms with van der Waals surface area (Å²) in [4.78, 5) is 10.5. The second kappa shape index (κ2) is 5.35. The molecular weight excluding hydrogens is 296 g/mol. The highest BCUT2D eigenvalue weighted by molar-refractivity contribution is 9.10. The van der Waals surface area contributed by atoms with Crippen molar-refractivity contribution < 1.29 is 9.90 Å². The summed E-state index contributed by atoms with van der Waals surface area (Å²) in [6.07, 6.45) is 3.70. The smallest absolute Gasteiger partial charge is 0.305 e. The van der Waals surface area contributed by atoms with Gasteiger partial charge in [0.2, 0.25) is 0 Å². The van der Waals surface area contributed by atoms with Gasteiger partial charge in [0.15, 0.2) is 0 Å². The van der Waals surface area contributed by atoms with E-state index in [9.17, 15) is 4.79 Å². The quantitative estimate of drug-likeness (QED) is 0.944. The van der Waals surface area contributed by atoms with Gasteiger partial charge in [-0.3, -0.25) is 9.48 Å². The van der Waals surface area contributed by atoms with E-state index in [1.54, 1.807) is 10.9 Å². The lowest BCUT2D eigenvalue weighted by atomic mass is 10.1. The predicted molar refractivity (Wildman–Crippen MR) is 72.4 cm³/mol. The number of carboxylic acid groups (broad SMARTS) is 1. The average Bonchev–Trinajstić information content (AvgIpc) is 2.79. The zero-order chi connectivity index (χ0) is 13.1. The van der Waals surface area contributed by atoms with Gasteiger partial charge in [0.25, 0.3) is 0 Å². The number of rotatable bonds is 4. The Morgan fingerprint density at radius 2 is 2.22 bits per heavy atom. The van der Waals surface area contributed by atoms with Crippen LogP contribution in [0, 0.1) is 6.92 Å². The van der Waals surface area contributed by atoms with Gasteiger partial charge >= 0.3 is 5.97 Å². The molecule has 0 aliphatic heterocycles. The number of hydrogen-bond donors (Lipinski definition) is 1. The van der Waals surface area contributed by atoms with Crippen molar-refractivity contribution >= 4 is 21.9 Å². The minimum atomic E-state index is -0.813. The Bertz CT molecular complexity index is 578. The maximum Gasteiger partial charge on any atom is 0.305 e. The molecule has 0 spiro atoms. The fourth-order valence-electron chi connectivity index (χ4n) is 1.67. The third-order valence-corrected chi connectivity index (χ3v) is 3.57. The number of carbonyl (C=O) groups is 1. The fraction of sp³-hybridized carbons (Fsp3) is 0.231. The Morgan fingerprint density at radius 1 is 1.44 bits per heavy atom. The Balaban J connectivity index is 2.18. The summed E-state index contributed by atoms with van der Waals surface area (Å²) in [7, 11) is 0. The summed E-state index contributed by atoms with van der Waals surface area (Å²) in [5.41, 5.74) is 3.24. The molecule has 0 saturated carbocycles. The van der Waals surface area contributed by atoms with Gasteiger partial charge in [0, 0.05) is 16.2 Å². The molecule has 0 saturated heterocycles. The zero-order valence-electron chi connectivity index (χ0n) is 9.93. The van der Waals surface area contributed by atoms with E-state index in [4.69, 9.17) is 5.11 Å². The standard InChI is InChI=1S/C13H13BrN2O2/c1-9-6-10(2-3-12(9)14)11-7-15-16(8-11)5-4-13(17)18/h2-3,6-8H,4-5H2,1H3,(H,17,18). The van der Waals surface area contributed by atoms with Crippen molar-refractivity contribution in [2.45, 2.75) is 19.9 Å². The van der Waals surface area contributed by atoms with Crippen LogP contribution in [-0.2, 0) is 11.3 Å². The first-order valence-electron chi connectivity index (χ1n) is 5.57. The van der Waals surface area contributed by atoms with E-state index in [-0.39, 0.29) is 6.42 Å². The number of aromatic nitrogens is 2. The lowest BCUT2D eigenvalue weighted by molar-refractivity contribution is -0.137. The number of carboxylic acids is 1. The molecule has 0 unspecified atom stereocenters. The summed E-state index contributed by atoms with van der Waals surface area (Å²) in [5, 5.41) is 12.8. The summed E-state index contributed by atoms with van der Waals surface area (Å²) < 4.78 is 2.73. The average molecular weight is 309 g/mol. The van der Waals surface area contributed by atoms with Gasteiger partial charge in [-0.1, -0.05) is 28.1 Å². The van der Waals surface area contributed by atoms with E-state index in [1.165, 1.54) is 0 Å². The minimum Gasteiger partial charge on any atom is -0.481 e. The SMILES string of the molecule is Cc1cc(-c2cnn(CCC(=O)O)c2)ccc1Br. The fourth-order valence-corrected chi connectivity index (χ4v) is 1.92. The third-order valence-electron chi connectivity index (χ3n) is 2.68. The summed E-state index contributed by atoms with van der Waals surface area (Å²) >= 11 is 3.46. The summed E-state index contributed by atoms with van der Waals surface area (Å²) in [6.45, 7) is 2.42. The molecule has 0 amide bonds. The Hall–Kier alpha value is -1.62. The van der Waals surface area contributed by atoms with Crippen molar-refractivity contribution in [2.75, 3.05) is 0 Å². The lowest BCUT2D eigenvalue weighted by Crippen LogP contribution is -2.04. The minimum absolute atomic E-state index is 0.0838. The van der Waals surface area contributed by atoms with E-state index in [1.807, 2.05) is 25.3 Å². The molecule has 0 atom stereocenters. The third kappa shape index (κ3) is 2.98. The van der Waals surface area contributed by atoms with Crippen LogP contribution in [0.2, 0.25) is 0 Å². The van der Waals surface area contributed by atoms with Crippen molar-refractivity contribution in [1.82, 2.24) is 9.78 Å².